The van der Waals surface area contributed by atoms with Gasteiger partial charge < -0.3 is 16.2 Å². The van der Waals surface area contributed by atoms with Crippen LogP contribution in [-0.4, -0.2) is 41.9 Å². The van der Waals surface area contributed by atoms with Gasteiger partial charge in [-0.2, -0.15) is 10.1 Å². The highest BCUT2D eigenvalue weighted by Crippen LogP contribution is 2.12. The molecule has 5 N–H and O–H groups in total. The molecule has 0 spiro atoms. The summed E-state index contributed by atoms with van der Waals surface area (Å²) in [6.07, 6.45) is 2.85. The zero-order valence-corrected chi connectivity index (χ0v) is 9.86. The molecule has 0 saturated heterocycles. The van der Waals surface area contributed by atoms with E-state index in [1.807, 2.05) is 0 Å². The van der Waals surface area contributed by atoms with Crippen LogP contribution in [0.25, 0.3) is 0 Å². The van der Waals surface area contributed by atoms with Crippen LogP contribution in [0, 0.1) is 0 Å². The number of anilines is 1. The Morgan fingerprint density at radius 1 is 1.58 bits per heavy atom. The molecule has 0 radical (unpaired) electrons. The number of nitrogens with two attached hydrogens (primary N) is 1. The van der Waals surface area contributed by atoms with Crippen molar-refractivity contribution < 1.29 is 14.7 Å². The Morgan fingerprint density at radius 3 is 2.79 bits per heavy atom. The number of hydrogen-bond donors (Lipinski definition) is 4. The third-order valence-corrected chi connectivity index (χ3v) is 2.30. The highest BCUT2D eigenvalue weighted by Gasteiger charge is 2.25. The van der Waals surface area contributed by atoms with Crippen LogP contribution < -0.4 is 11.1 Å². The van der Waals surface area contributed by atoms with E-state index in [-0.39, 0.29) is 11.8 Å². The quantitative estimate of drug-likeness (QED) is 0.534. The number of aryl methyl sites for hydroxylation is 1. The second-order valence-electron chi connectivity index (χ2n) is 3.73. The first-order valence-corrected chi connectivity index (χ1v) is 5.17. The van der Waals surface area contributed by atoms with Crippen molar-refractivity contribution in [2.75, 3.05) is 5.73 Å². The topological polar surface area (TPSA) is 152 Å². The smallest absolute Gasteiger partial charge is 0.331 e. The number of rotatable bonds is 4. The molecule has 1 unspecified atom stereocenters. The van der Waals surface area contributed by atoms with Gasteiger partial charge in [0.15, 0.2) is 6.04 Å². The summed E-state index contributed by atoms with van der Waals surface area (Å²) in [6, 6.07) is -1.23. The number of aromatic nitrogens is 5. The van der Waals surface area contributed by atoms with E-state index in [9.17, 15) is 9.59 Å². The third kappa shape index (κ3) is 2.68. The van der Waals surface area contributed by atoms with Gasteiger partial charge in [0, 0.05) is 18.8 Å². The number of nitrogen functional groups attached to an aromatic ring is 1. The van der Waals surface area contributed by atoms with Gasteiger partial charge in [0.2, 0.25) is 11.8 Å². The predicted octanol–water partition coefficient (Wildman–Crippen LogP) is -1.32. The molecule has 0 fully saturated rings. The molecule has 0 aliphatic carbocycles. The lowest BCUT2D eigenvalue weighted by molar-refractivity contribution is -0.139. The van der Waals surface area contributed by atoms with Crippen molar-refractivity contribution in [3.63, 3.8) is 0 Å². The van der Waals surface area contributed by atoms with Crippen molar-refractivity contribution in [1.29, 1.82) is 0 Å². The van der Waals surface area contributed by atoms with E-state index in [1.54, 1.807) is 7.05 Å². The minimum absolute atomic E-state index is 0.0987. The Kier molecular flexibility index (Phi) is 3.14. The molecule has 0 saturated carbocycles. The molecule has 19 heavy (non-hydrogen) atoms. The van der Waals surface area contributed by atoms with E-state index in [1.165, 1.54) is 17.1 Å². The van der Waals surface area contributed by atoms with Crippen LogP contribution in [0.4, 0.5) is 5.95 Å². The maximum atomic E-state index is 11.8. The summed E-state index contributed by atoms with van der Waals surface area (Å²) in [4.78, 5) is 26.5. The van der Waals surface area contributed by atoms with Crippen LogP contribution >= 0.6 is 0 Å². The Morgan fingerprint density at radius 2 is 2.32 bits per heavy atom. The van der Waals surface area contributed by atoms with E-state index in [0.717, 1.165) is 0 Å². The molecule has 10 heteroatoms. The lowest BCUT2D eigenvalue weighted by atomic mass is 10.1. The van der Waals surface area contributed by atoms with Gasteiger partial charge in [-0.1, -0.05) is 0 Å². The molecule has 1 amide bonds. The summed E-state index contributed by atoms with van der Waals surface area (Å²) in [5.41, 5.74) is 5.60. The Balaban J connectivity index is 2.18. The molecular weight excluding hydrogens is 254 g/mol. The molecule has 2 aromatic heterocycles. The van der Waals surface area contributed by atoms with Crippen LogP contribution in [0.2, 0.25) is 0 Å². The van der Waals surface area contributed by atoms with E-state index in [0.29, 0.717) is 5.56 Å². The first-order chi connectivity index (χ1) is 8.97. The number of nitrogens with zero attached hydrogens (tertiary/aromatic N) is 4. The van der Waals surface area contributed by atoms with Crippen molar-refractivity contribution in [2.24, 2.45) is 7.05 Å². The lowest BCUT2D eigenvalue weighted by Gasteiger charge is -2.11. The molecule has 10 nitrogen and oxygen atoms in total. The number of aromatic amines is 1. The van der Waals surface area contributed by atoms with Crippen molar-refractivity contribution >= 4 is 17.8 Å². The number of H-pyrrole nitrogens is 1. The van der Waals surface area contributed by atoms with Gasteiger partial charge in [0.05, 0.1) is 6.20 Å². The summed E-state index contributed by atoms with van der Waals surface area (Å²) in [7, 11) is 1.64. The number of amides is 1. The SMILES string of the molecule is Cn1cc(C(NC(=O)c2nc(N)n[nH]2)C(=O)O)cn1. The molecule has 2 aromatic rings. The van der Waals surface area contributed by atoms with Gasteiger partial charge in [-0.15, -0.1) is 5.10 Å². The zero-order valence-electron chi connectivity index (χ0n) is 9.86. The van der Waals surface area contributed by atoms with Gasteiger partial charge in [-0.3, -0.25) is 14.6 Å². The summed E-state index contributed by atoms with van der Waals surface area (Å²) in [6.45, 7) is 0. The predicted molar refractivity (Wildman–Crippen MR) is 61.8 cm³/mol. The van der Waals surface area contributed by atoms with Crippen molar-refractivity contribution in [1.82, 2.24) is 30.3 Å². The second kappa shape index (κ2) is 4.76. The lowest BCUT2D eigenvalue weighted by Crippen LogP contribution is -2.34. The summed E-state index contributed by atoms with van der Waals surface area (Å²) < 4.78 is 1.43. The molecule has 100 valence electrons. The molecule has 0 aliphatic heterocycles. The fourth-order valence-electron chi connectivity index (χ4n) is 1.45. The number of nitrogens with one attached hydrogen (secondary N) is 2. The highest BCUT2D eigenvalue weighted by atomic mass is 16.4. The normalized spacial score (nSPS) is 12.1. The number of aliphatic carboxylic acids is 1. The monoisotopic (exact) mass is 265 g/mol. The van der Waals surface area contributed by atoms with E-state index >= 15 is 0 Å². The zero-order chi connectivity index (χ0) is 14.0. The average Bonchev–Trinajstić information content (AvgIpc) is 2.94. The first kappa shape index (κ1) is 12.5. The number of carbonyl (C=O) groups is 2. The van der Waals surface area contributed by atoms with Crippen LogP contribution in [0.3, 0.4) is 0 Å². The van der Waals surface area contributed by atoms with Crippen LogP contribution in [0.1, 0.15) is 22.2 Å². The van der Waals surface area contributed by atoms with Crippen LogP contribution in [0.5, 0.6) is 0 Å². The Labute approximate surface area is 106 Å². The van der Waals surface area contributed by atoms with Crippen molar-refractivity contribution in [2.45, 2.75) is 6.04 Å². The molecule has 0 aliphatic rings. The number of hydrogen-bond acceptors (Lipinski definition) is 6. The standard InChI is InChI=1S/C9H11N7O3/c1-16-3-4(2-11-16)5(8(18)19)12-7(17)6-13-9(10)15-14-6/h2-3,5H,1H3,(H,12,17)(H,18,19)(H3,10,13,14,15). The average molecular weight is 265 g/mol. The fraction of sp³-hybridized carbons (Fsp3) is 0.222. The van der Waals surface area contributed by atoms with E-state index in [4.69, 9.17) is 10.8 Å². The number of carboxylic acids is 1. The minimum Gasteiger partial charge on any atom is -0.479 e. The van der Waals surface area contributed by atoms with Crippen molar-refractivity contribution in [3.05, 3.63) is 23.8 Å². The first-order valence-electron chi connectivity index (χ1n) is 5.17. The Hall–Kier alpha value is -2.91. The van der Waals surface area contributed by atoms with E-state index < -0.39 is 17.9 Å². The summed E-state index contributed by atoms with van der Waals surface area (Å²) in [5, 5.41) is 21.0. The van der Waals surface area contributed by atoms with Gasteiger partial charge in [0.1, 0.15) is 0 Å². The molecule has 2 rings (SSSR count). The van der Waals surface area contributed by atoms with Gasteiger partial charge in [0.25, 0.3) is 5.91 Å². The second-order valence-corrected chi connectivity index (χ2v) is 3.73. The summed E-state index contributed by atoms with van der Waals surface area (Å²) in [5.74, 6) is -2.19. The molecule has 1 atom stereocenters. The Bertz CT molecular complexity index is 617. The number of carbonyl (C=O) groups excluding carboxylic acids is 1. The fourth-order valence-corrected chi connectivity index (χ4v) is 1.45. The van der Waals surface area contributed by atoms with E-state index in [2.05, 4.69) is 25.6 Å². The molecule has 2 heterocycles. The van der Waals surface area contributed by atoms with Gasteiger partial charge in [-0.25, -0.2) is 4.79 Å². The van der Waals surface area contributed by atoms with Gasteiger partial charge in [-0.05, 0) is 0 Å². The number of carboxylic acid groups (broad SMARTS) is 1. The van der Waals surface area contributed by atoms with Crippen LogP contribution in [0.15, 0.2) is 12.4 Å². The molecule has 0 bridgehead atoms. The maximum absolute atomic E-state index is 11.8. The molecular formula is C9H11N7O3. The third-order valence-electron chi connectivity index (χ3n) is 2.30. The van der Waals surface area contributed by atoms with Crippen LogP contribution in [-0.2, 0) is 11.8 Å². The minimum atomic E-state index is -1.23. The maximum Gasteiger partial charge on any atom is 0.331 e. The largest absolute Gasteiger partial charge is 0.479 e. The summed E-state index contributed by atoms with van der Waals surface area (Å²) >= 11 is 0. The van der Waals surface area contributed by atoms with Gasteiger partial charge >= 0.3 is 5.97 Å². The molecule has 0 aromatic carbocycles. The van der Waals surface area contributed by atoms with Crippen molar-refractivity contribution in [3.8, 4) is 0 Å². The highest BCUT2D eigenvalue weighted by molar-refractivity contribution is 5.93.